The second-order valence-corrected chi connectivity index (χ2v) is 8.15. The van der Waals surface area contributed by atoms with E-state index in [0.717, 1.165) is 27.8 Å². The molecule has 1 amide bonds. The quantitative estimate of drug-likeness (QED) is 0.527. The number of nitrogens with one attached hydrogen (secondary N) is 1. The van der Waals surface area contributed by atoms with Gasteiger partial charge in [0.25, 0.3) is 0 Å². The van der Waals surface area contributed by atoms with Gasteiger partial charge in [-0.3, -0.25) is 0 Å². The maximum Gasteiger partial charge on any atom is 0.407 e. The second kappa shape index (κ2) is 9.10. The van der Waals surface area contributed by atoms with E-state index in [1.807, 2.05) is 49.4 Å². The lowest BCUT2D eigenvalue weighted by molar-refractivity contribution is 0.0186. The summed E-state index contributed by atoms with van der Waals surface area (Å²) in [5.41, 5.74) is 5.89. The third-order valence-electron chi connectivity index (χ3n) is 5.63. The number of ether oxygens (including phenoxy) is 1. The number of hydrogen-bond acceptors (Lipinski definition) is 4. The molecule has 1 aliphatic carbocycles. The number of carbonyl (C=O) groups is 1. The van der Waals surface area contributed by atoms with Crippen molar-refractivity contribution < 1.29 is 19.7 Å². The van der Waals surface area contributed by atoms with Gasteiger partial charge in [-0.05, 0) is 35.2 Å². The second-order valence-electron chi connectivity index (χ2n) is 7.74. The number of aryl methyl sites for hydroxylation is 1. The molecule has 0 saturated heterocycles. The van der Waals surface area contributed by atoms with E-state index < -0.39 is 18.3 Å². The van der Waals surface area contributed by atoms with Crippen molar-refractivity contribution in [3.63, 3.8) is 0 Å². The van der Waals surface area contributed by atoms with Crippen LogP contribution >= 0.6 is 11.6 Å². The van der Waals surface area contributed by atoms with Gasteiger partial charge in [0.1, 0.15) is 18.8 Å². The predicted octanol–water partition coefficient (Wildman–Crippen LogP) is 4.58. The predicted molar refractivity (Wildman–Crippen MR) is 120 cm³/mol. The van der Waals surface area contributed by atoms with E-state index in [-0.39, 0.29) is 19.1 Å². The van der Waals surface area contributed by atoms with Crippen molar-refractivity contribution in [2.24, 2.45) is 0 Å². The van der Waals surface area contributed by atoms with Crippen LogP contribution in [0.4, 0.5) is 4.79 Å². The lowest BCUT2D eigenvalue weighted by Gasteiger charge is -2.20. The molecule has 1 aliphatic rings. The smallest absolute Gasteiger partial charge is 0.407 e. The largest absolute Gasteiger partial charge is 0.449 e. The van der Waals surface area contributed by atoms with Crippen LogP contribution in [0.15, 0.2) is 66.7 Å². The van der Waals surface area contributed by atoms with Crippen LogP contribution in [0.2, 0.25) is 5.02 Å². The minimum atomic E-state index is -1.22. The minimum absolute atomic E-state index is 0.0419. The summed E-state index contributed by atoms with van der Waals surface area (Å²) in [7, 11) is 0. The molecule has 6 heteroatoms. The molecule has 0 saturated carbocycles. The van der Waals surface area contributed by atoms with E-state index in [9.17, 15) is 15.0 Å². The van der Waals surface area contributed by atoms with E-state index in [1.165, 1.54) is 0 Å². The molecule has 0 aromatic heterocycles. The third kappa shape index (κ3) is 4.44. The number of amides is 1. The molecule has 0 heterocycles. The zero-order valence-electron chi connectivity index (χ0n) is 17.1. The first-order chi connectivity index (χ1) is 15.0. The first-order valence-corrected chi connectivity index (χ1v) is 10.5. The summed E-state index contributed by atoms with van der Waals surface area (Å²) in [4.78, 5) is 12.3. The first-order valence-electron chi connectivity index (χ1n) is 10.2. The van der Waals surface area contributed by atoms with Gasteiger partial charge in [0.2, 0.25) is 0 Å². The van der Waals surface area contributed by atoms with Crippen molar-refractivity contribution in [3.05, 3.63) is 94.0 Å². The standard InChI is InChI=1S/C25H24ClNO4/c1-15-10-11-22(26)20(12-15)24(29)23(28)13-27-25(30)31-14-21-18-8-4-2-6-16(18)17-7-3-5-9-19(17)21/h2-12,21,23-24,28-29H,13-14H2,1H3,(H,27,30). The molecule has 0 spiro atoms. The number of aliphatic hydroxyl groups excluding tert-OH is 2. The topological polar surface area (TPSA) is 78.8 Å². The van der Waals surface area contributed by atoms with Crippen molar-refractivity contribution in [3.8, 4) is 11.1 Å². The average molecular weight is 438 g/mol. The summed E-state index contributed by atoms with van der Waals surface area (Å²) < 4.78 is 5.45. The Morgan fingerprint density at radius 1 is 1.03 bits per heavy atom. The molecule has 0 fully saturated rings. The van der Waals surface area contributed by atoms with E-state index in [2.05, 4.69) is 17.4 Å². The van der Waals surface area contributed by atoms with Crippen LogP contribution in [0.5, 0.6) is 0 Å². The SMILES string of the molecule is Cc1ccc(Cl)c(C(O)C(O)CNC(=O)OCC2c3ccccc3-c3ccccc32)c1. The highest BCUT2D eigenvalue weighted by atomic mass is 35.5. The van der Waals surface area contributed by atoms with Gasteiger partial charge in [-0.2, -0.15) is 0 Å². The zero-order chi connectivity index (χ0) is 22.0. The van der Waals surface area contributed by atoms with Gasteiger partial charge >= 0.3 is 6.09 Å². The fourth-order valence-electron chi connectivity index (χ4n) is 4.05. The van der Waals surface area contributed by atoms with Crippen LogP contribution in [-0.4, -0.2) is 35.6 Å². The lowest BCUT2D eigenvalue weighted by Crippen LogP contribution is -2.36. The lowest BCUT2D eigenvalue weighted by atomic mass is 9.98. The van der Waals surface area contributed by atoms with Crippen LogP contribution in [-0.2, 0) is 4.74 Å². The van der Waals surface area contributed by atoms with E-state index in [4.69, 9.17) is 16.3 Å². The third-order valence-corrected chi connectivity index (χ3v) is 5.98. The fraction of sp³-hybridized carbons (Fsp3) is 0.240. The highest BCUT2D eigenvalue weighted by molar-refractivity contribution is 6.31. The molecular weight excluding hydrogens is 414 g/mol. The summed E-state index contributed by atoms with van der Waals surface area (Å²) in [6, 6.07) is 21.4. The molecule has 2 atom stereocenters. The highest BCUT2D eigenvalue weighted by Crippen LogP contribution is 2.44. The fourth-order valence-corrected chi connectivity index (χ4v) is 4.28. The number of rotatable bonds is 6. The van der Waals surface area contributed by atoms with Crippen LogP contribution in [0.3, 0.4) is 0 Å². The Labute approximate surface area is 186 Å². The normalized spacial score (nSPS) is 14.5. The number of hydrogen-bond donors (Lipinski definition) is 3. The Kier molecular flexibility index (Phi) is 6.28. The van der Waals surface area contributed by atoms with Crippen molar-refractivity contribution in [1.29, 1.82) is 0 Å². The van der Waals surface area contributed by atoms with Crippen molar-refractivity contribution >= 4 is 17.7 Å². The summed E-state index contributed by atoms with van der Waals surface area (Å²) in [6.07, 6.45) is -3.09. The number of alkyl carbamates (subject to hydrolysis) is 1. The van der Waals surface area contributed by atoms with Crippen LogP contribution in [0, 0.1) is 6.92 Å². The molecule has 0 radical (unpaired) electrons. The summed E-state index contributed by atoms with van der Waals surface area (Å²) in [6.45, 7) is 1.89. The zero-order valence-corrected chi connectivity index (χ0v) is 17.8. The molecule has 2 unspecified atom stereocenters. The number of carbonyl (C=O) groups excluding carboxylic acids is 1. The molecule has 3 aromatic rings. The molecule has 4 rings (SSSR count). The van der Waals surface area contributed by atoms with Gasteiger partial charge in [-0.15, -0.1) is 0 Å². The molecule has 31 heavy (non-hydrogen) atoms. The van der Waals surface area contributed by atoms with Crippen molar-refractivity contribution in [2.75, 3.05) is 13.2 Å². The number of fused-ring (bicyclic) bond motifs is 3. The monoisotopic (exact) mass is 437 g/mol. The molecule has 3 aromatic carbocycles. The van der Waals surface area contributed by atoms with Gasteiger partial charge in [-0.1, -0.05) is 77.8 Å². The highest BCUT2D eigenvalue weighted by Gasteiger charge is 2.29. The number of halogens is 1. The molecule has 5 nitrogen and oxygen atoms in total. The summed E-state index contributed by atoms with van der Waals surface area (Å²) in [5.74, 6) is -0.0419. The maximum atomic E-state index is 12.3. The van der Waals surface area contributed by atoms with E-state index in [0.29, 0.717) is 10.6 Å². The van der Waals surface area contributed by atoms with Gasteiger partial charge < -0.3 is 20.3 Å². The minimum Gasteiger partial charge on any atom is -0.449 e. The van der Waals surface area contributed by atoms with Crippen LogP contribution in [0.1, 0.15) is 34.3 Å². The molecule has 0 bridgehead atoms. The number of benzene rings is 3. The van der Waals surface area contributed by atoms with Gasteiger partial charge in [-0.25, -0.2) is 4.79 Å². The van der Waals surface area contributed by atoms with Crippen molar-refractivity contribution in [1.82, 2.24) is 5.32 Å². The first kappa shape index (κ1) is 21.4. The van der Waals surface area contributed by atoms with Crippen LogP contribution < -0.4 is 5.32 Å². The average Bonchev–Trinajstić information content (AvgIpc) is 3.11. The molecule has 0 aliphatic heterocycles. The molecular formula is C25H24ClNO4. The van der Waals surface area contributed by atoms with E-state index >= 15 is 0 Å². The van der Waals surface area contributed by atoms with E-state index in [1.54, 1.807) is 12.1 Å². The van der Waals surface area contributed by atoms with Gasteiger partial charge in [0.15, 0.2) is 0 Å². The summed E-state index contributed by atoms with van der Waals surface area (Å²) in [5, 5.41) is 23.6. The number of aliphatic hydroxyl groups is 2. The Balaban J connectivity index is 1.35. The Morgan fingerprint density at radius 3 is 2.29 bits per heavy atom. The maximum absolute atomic E-state index is 12.3. The molecule has 160 valence electrons. The van der Waals surface area contributed by atoms with Gasteiger partial charge in [0, 0.05) is 23.0 Å². The Morgan fingerprint density at radius 2 is 1.65 bits per heavy atom. The van der Waals surface area contributed by atoms with Crippen molar-refractivity contribution in [2.45, 2.75) is 25.0 Å². The Hall–Kier alpha value is -2.86. The Bertz CT molecular complexity index is 1050. The summed E-state index contributed by atoms with van der Waals surface area (Å²) >= 11 is 6.12. The van der Waals surface area contributed by atoms with Crippen LogP contribution in [0.25, 0.3) is 11.1 Å². The van der Waals surface area contributed by atoms with Gasteiger partial charge in [0.05, 0.1) is 0 Å². The molecule has 3 N–H and O–H groups in total.